The maximum Gasteiger partial charge on any atom is 0.323 e. The van der Waals surface area contributed by atoms with Crippen LogP contribution in [-0.4, -0.2) is 40.5 Å². The quantitative estimate of drug-likeness (QED) is 0.774. The highest BCUT2D eigenvalue weighted by Gasteiger charge is 2.31. The molecule has 0 aromatic heterocycles. The molecule has 0 aromatic rings. The lowest BCUT2D eigenvalue weighted by Crippen LogP contribution is -2.46. The molecule has 5 heteroatoms. The van der Waals surface area contributed by atoms with Gasteiger partial charge in [-0.2, -0.15) is 0 Å². The van der Waals surface area contributed by atoms with E-state index in [1.165, 1.54) is 4.90 Å². The van der Waals surface area contributed by atoms with Gasteiger partial charge in [-0.05, 0) is 39.0 Å². The van der Waals surface area contributed by atoms with E-state index in [2.05, 4.69) is 0 Å². The van der Waals surface area contributed by atoms with Crippen LogP contribution in [0.1, 0.15) is 46.0 Å². The van der Waals surface area contributed by atoms with Crippen molar-refractivity contribution in [3.8, 4) is 0 Å². The Balaban J connectivity index is 2.66. The number of aliphatic carboxylic acids is 1. The molecule has 1 aliphatic rings. The topological polar surface area (TPSA) is 83.6 Å². The number of rotatable bonds is 5. The van der Waals surface area contributed by atoms with E-state index in [0.29, 0.717) is 0 Å². The van der Waals surface area contributed by atoms with Crippen molar-refractivity contribution >= 4 is 11.9 Å². The first-order chi connectivity index (χ1) is 8.45. The summed E-state index contributed by atoms with van der Waals surface area (Å²) < 4.78 is 0. The average molecular weight is 256 g/mol. The highest BCUT2D eigenvalue weighted by atomic mass is 16.4. The van der Waals surface area contributed by atoms with Crippen molar-refractivity contribution in [1.82, 2.24) is 4.90 Å². The largest absolute Gasteiger partial charge is 0.480 e. The number of hydrogen-bond donors (Lipinski definition) is 2. The molecule has 3 N–H and O–H groups in total. The van der Waals surface area contributed by atoms with E-state index in [0.717, 1.165) is 32.1 Å². The first-order valence-electron chi connectivity index (χ1n) is 6.73. The number of amides is 1. The molecule has 1 saturated carbocycles. The van der Waals surface area contributed by atoms with Crippen molar-refractivity contribution in [1.29, 1.82) is 0 Å². The molecule has 0 saturated heterocycles. The molecule has 1 unspecified atom stereocenters. The van der Waals surface area contributed by atoms with Crippen LogP contribution in [-0.2, 0) is 9.59 Å². The molecule has 1 amide bonds. The molecule has 5 nitrogen and oxygen atoms in total. The van der Waals surface area contributed by atoms with E-state index in [9.17, 15) is 9.59 Å². The van der Waals surface area contributed by atoms with Crippen LogP contribution in [0.3, 0.4) is 0 Å². The molecule has 0 radical (unpaired) electrons. The molecule has 1 rings (SSSR count). The molecule has 0 aliphatic heterocycles. The second-order valence-electron chi connectivity index (χ2n) is 5.23. The molecule has 0 heterocycles. The number of carboxylic acid groups (broad SMARTS) is 1. The average Bonchev–Trinajstić information content (AvgIpc) is 2.35. The van der Waals surface area contributed by atoms with Gasteiger partial charge in [0.15, 0.2) is 0 Å². The van der Waals surface area contributed by atoms with Gasteiger partial charge in [-0.1, -0.05) is 6.92 Å². The van der Waals surface area contributed by atoms with Gasteiger partial charge in [0.2, 0.25) is 5.91 Å². The van der Waals surface area contributed by atoms with Crippen molar-refractivity contribution in [2.75, 3.05) is 6.54 Å². The molecular weight excluding hydrogens is 232 g/mol. The minimum absolute atomic E-state index is 0.0151. The summed E-state index contributed by atoms with van der Waals surface area (Å²) in [6, 6.07) is 0.176. The number of hydrogen-bond acceptors (Lipinski definition) is 3. The van der Waals surface area contributed by atoms with Gasteiger partial charge in [0.1, 0.15) is 6.54 Å². The molecular formula is C13H24N2O3. The molecule has 0 bridgehead atoms. The molecule has 0 spiro atoms. The van der Waals surface area contributed by atoms with E-state index >= 15 is 0 Å². The Morgan fingerprint density at radius 3 is 2.33 bits per heavy atom. The van der Waals surface area contributed by atoms with Crippen LogP contribution < -0.4 is 5.73 Å². The van der Waals surface area contributed by atoms with Crippen molar-refractivity contribution in [3.05, 3.63) is 0 Å². The number of nitrogens with zero attached hydrogens (tertiary/aromatic N) is 1. The summed E-state index contributed by atoms with van der Waals surface area (Å²) in [5.74, 6) is -1.01. The van der Waals surface area contributed by atoms with Crippen LogP contribution in [0.25, 0.3) is 0 Å². The van der Waals surface area contributed by atoms with Gasteiger partial charge in [0, 0.05) is 18.0 Å². The Hall–Kier alpha value is -1.10. The highest BCUT2D eigenvalue weighted by Crippen LogP contribution is 2.26. The predicted molar refractivity (Wildman–Crippen MR) is 69.0 cm³/mol. The van der Waals surface area contributed by atoms with Crippen molar-refractivity contribution < 1.29 is 14.7 Å². The second kappa shape index (κ2) is 6.73. The Kier molecular flexibility index (Phi) is 5.59. The van der Waals surface area contributed by atoms with Gasteiger partial charge in [-0.15, -0.1) is 0 Å². The van der Waals surface area contributed by atoms with E-state index in [1.54, 1.807) is 0 Å². The van der Waals surface area contributed by atoms with Gasteiger partial charge in [0.05, 0.1) is 0 Å². The van der Waals surface area contributed by atoms with Crippen molar-refractivity contribution in [3.63, 3.8) is 0 Å². The smallest absolute Gasteiger partial charge is 0.323 e. The van der Waals surface area contributed by atoms with Crippen LogP contribution in [0.2, 0.25) is 0 Å². The SMILES string of the molecule is CCC(C)N(CC(=O)O)C(=O)C1CCC(N)CC1. The summed E-state index contributed by atoms with van der Waals surface area (Å²) in [5.41, 5.74) is 5.82. The molecule has 0 aromatic carbocycles. The lowest BCUT2D eigenvalue weighted by molar-refractivity contribution is -0.148. The zero-order chi connectivity index (χ0) is 13.7. The first kappa shape index (κ1) is 15.0. The van der Waals surface area contributed by atoms with Gasteiger partial charge >= 0.3 is 5.97 Å². The summed E-state index contributed by atoms with van der Waals surface area (Å²) in [4.78, 5) is 24.7. The Bertz CT molecular complexity index is 299. The standard InChI is InChI=1S/C13H24N2O3/c1-3-9(2)15(8-12(16)17)13(18)10-4-6-11(14)7-5-10/h9-11H,3-8,14H2,1-2H3,(H,16,17). The fraction of sp³-hybridized carbons (Fsp3) is 0.846. The number of carbonyl (C=O) groups excluding carboxylic acids is 1. The van der Waals surface area contributed by atoms with Gasteiger partial charge in [-0.3, -0.25) is 9.59 Å². The molecule has 104 valence electrons. The summed E-state index contributed by atoms with van der Waals surface area (Å²) in [6.45, 7) is 3.66. The van der Waals surface area contributed by atoms with Crippen molar-refractivity contribution in [2.45, 2.75) is 58.0 Å². The van der Waals surface area contributed by atoms with Crippen LogP contribution in [0.4, 0.5) is 0 Å². The fourth-order valence-electron chi connectivity index (χ4n) is 2.42. The van der Waals surface area contributed by atoms with Crippen LogP contribution in [0.5, 0.6) is 0 Å². The zero-order valence-electron chi connectivity index (χ0n) is 11.3. The molecule has 18 heavy (non-hydrogen) atoms. The van der Waals surface area contributed by atoms with Crippen LogP contribution in [0, 0.1) is 5.92 Å². The number of carbonyl (C=O) groups is 2. The summed E-state index contributed by atoms with van der Waals surface area (Å²) in [6.07, 6.45) is 4.06. The monoisotopic (exact) mass is 256 g/mol. The van der Waals surface area contributed by atoms with Gasteiger partial charge < -0.3 is 15.7 Å². The maximum absolute atomic E-state index is 12.4. The summed E-state index contributed by atoms with van der Waals surface area (Å²) >= 11 is 0. The van der Waals surface area contributed by atoms with E-state index in [1.807, 2.05) is 13.8 Å². The number of nitrogens with two attached hydrogens (primary N) is 1. The third-order valence-electron chi connectivity index (χ3n) is 3.83. The van der Waals surface area contributed by atoms with E-state index < -0.39 is 5.97 Å². The lowest BCUT2D eigenvalue weighted by Gasteiger charge is -2.33. The third kappa shape index (κ3) is 3.98. The van der Waals surface area contributed by atoms with Gasteiger partial charge in [0.25, 0.3) is 0 Å². The normalized spacial score (nSPS) is 25.5. The van der Waals surface area contributed by atoms with E-state index in [4.69, 9.17) is 10.8 Å². The third-order valence-corrected chi connectivity index (χ3v) is 3.83. The minimum atomic E-state index is -0.948. The molecule has 1 fully saturated rings. The predicted octanol–water partition coefficient (Wildman–Crippen LogP) is 1.22. The first-order valence-corrected chi connectivity index (χ1v) is 6.73. The molecule has 1 atom stereocenters. The lowest BCUT2D eigenvalue weighted by atomic mass is 9.85. The van der Waals surface area contributed by atoms with Crippen LogP contribution >= 0.6 is 0 Å². The van der Waals surface area contributed by atoms with Crippen LogP contribution in [0.15, 0.2) is 0 Å². The molecule has 1 aliphatic carbocycles. The maximum atomic E-state index is 12.4. The highest BCUT2D eigenvalue weighted by molar-refractivity contribution is 5.83. The Morgan fingerprint density at radius 1 is 1.33 bits per heavy atom. The van der Waals surface area contributed by atoms with Crippen molar-refractivity contribution in [2.24, 2.45) is 11.7 Å². The fourth-order valence-corrected chi connectivity index (χ4v) is 2.42. The van der Waals surface area contributed by atoms with E-state index in [-0.39, 0.29) is 30.5 Å². The van der Waals surface area contributed by atoms with Gasteiger partial charge in [-0.25, -0.2) is 0 Å². The minimum Gasteiger partial charge on any atom is -0.480 e. The number of carboxylic acids is 1. The Morgan fingerprint density at radius 2 is 1.89 bits per heavy atom. The zero-order valence-corrected chi connectivity index (χ0v) is 11.3. The summed E-state index contributed by atoms with van der Waals surface area (Å²) in [5, 5.41) is 8.90. The second-order valence-corrected chi connectivity index (χ2v) is 5.23. The summed E-state index contributed by atoms with van der Waals surface area (Å²) in [7, 11) is 0. The Labute approximate surface area is 108 Å².